The fourth-order valence-corrected chi connectivity index (χ4v) is 1.75. The molecule has 0 aliphatic rings. The molecule has 5 nitrogen and oxygen atoms in total. The van der Waals surface area contributed by atoms with Gasteiger partial charge in [-0.2, -0.15) is 0 Å². The van der Waals surface area contributed by atoms with Crippen molar-refractivity contribution in [1.82, 2.24) is 0 Å². The van der Waals surface area contributed by atoms with Gasteiger partial charge >= 0.3 is 0 Å². The van der Waals surface area contributed by atoms with Crippen LogP contribution in [0.4, 0.5) is 5.69 Å². The highest BCUT2D eigenvalue weighted by molar-refractivity contribution is 6.32. The van der Waals surface area contributed by atoms with E-state index in [1.807, 2.05) is 0 Å². The van der Waals surface area contributed by atoms with Crippen molar-refractivity contribution in [2.24, 2.45) is 0 Å². The van der Waals surface area contributed by atoms with Crippen molar-refractivity contribution >= 4 is 17.3 Å². The van der Waals surface area contributed by atoms with Gasteiger partial charge < -0.3 is 25.7 Å². The van der Waals surface area contributed by atoms with Gasteiger partial charge in [-0.15, -0.1) is 0 Å². The smallest absolute Gasteiger partial charge is 0.200 e. The molecule has 100 valence electrons. The molecule has 0 fully saturated rings. The van der Waals surface area contributed by atoms with Gasteiger partial charge in [-0.3, -0.25) is 0 Å². The summed E-state index contributed by atoms with van der Waals surface area (Å²) in [6.45, 7) is 0.223. The minimum atomic E-state index is -0.553. The summed E-state index contributed by atoms with van der Waals surface area (Å²) in [5.41, 5.74) is 1.06. The van der Waals surface area contributed by atoms with E-state index in [0.29, 0.717) is 11.3 Å². The van der Waals surface area contributed by atoms with E-state index >= 15 is 0 Å². The Labute approximate surface area is 114 Å². The molecular weight excluding hydrogens is 270 g/mol. The number of hydrogen-bond acceptors (Lipinski definition) is 5. The quantitative estimate of drug-likeness (QED) is 0.441. The van der Waals surface area contributed by atoms with E-state index in [4.69, 9.17) is 11.6 Å². The number of halogens is 1. The third kappa shape index (κ3) is 2.77. The van der Waals surface area contributed by atoms with E-state index in [9.17, 15) is 20.4 Å². The lowest BCUT2D eigenvalue weighted by atomic mass is 10.1. The first-order valence-corrected chi connectivity index (χ1v) is 5.82. The zero-order valence-electron chi connectivity index (χ0n) is 9.76. The predicted molar refractivity (Wildman–Crippen MR) is 71.9 cm³/mol. The molecule has 0 aliphatic heterocycles. The molecule has 2 aromatic carbocycles. The lowest BCUT2D eigenvalue weighted by Gasteiger charge is -2.10. The Balaban J connectivity index is 2.14. The number of phenols is 4. The molecule has 2 aromatic rings. The molecule has 19 heavy (non-hydrogen) atoms. The van der Waals surface area contributed by atoms with Crippen molar-refractivity contribution in [2.45, 2.75) is 6.54 Å². The molecule has 0 amide bonds. The second-order valence-corrected chi connectivity index (χ2v) is 4.37. The molecule has 0 aromatic heterocycles. The van der Waals surface area contributed by atoms with Crippen LogP contribution in [0.2, 0.25) is 5.02 Å². The van der Waals surface area contributed by atoms with Crippen LogP contribution in [-0.4, -0.2) is 20.4 Å². The van der Waals surface area contributed by atoms with E-state index in [1.165, 1.54) is 24.3 Å². The van der Waals surface area contributed by atoms with Crippen LogP contribution >= 0.6 is 11.6 Å². The Morgan fingerprint density at radius 3 is 2.26 bits per heavy atom. The Kier molecular flexibility index (Phi) is 3.57. The van der Waals surface area contributed by atoms with Gasteiger partial charge in [0.05, 0.1) is 5.02 Å². The molecule has 0 unspecified atom stereocenters. The Morgan fingerprint density at radius 1 is 0.895 bits per heavy atom. The first-order chi connectivity index (χ1) is 8.99. The minimum absolute atomic E-state index is 0.0164. The SMILES string of the molecule is Oc1ccc(NCc2ccc(O)c(O)c2O)cc1Cl. The second kappa shape index (κ2) is 5.16. The molecule has 6 heteroatoms. The highest BCUT2D eigenvalue weighted by atomic mass is 35.5. The van der Waals surface area contributed by atoms with E-state index in [2.05, 4.69) is 5.32 Å². The summed E-state index contributed by atoms with van der Waals surface area (Å²) < 4.78 is 0. The zero-order chi connectivity index (χ0) is 14.0. The summed E-state index contributed by atoms with van der Waals surface area (Å²) in [6.07, 6.45) is 0. The van der Waals surface area contributed by atoms with Crippen molar-refractivity contribution in [3.05, 3.63) is 40.9 Å². The molecule has 0 heterocycles. The van der Waals surface area contributed by atoms with Crippen LogP contribution < -0.4 is 5.32 Å². The van der Waals surface area contributed by atoms with E-state index in [1.54, 1.807) is 6.07 Å². The normalized spacial score (nSPS) is 10.4. The Morgan fingerprint density at radius 2 is 1.58 bits per heavy atom. The van der Waals surface area contributed by atoms with Gasteiger partial charge in [-0.05, 0) is 30.3 Å². The minimum Gasteiger partial charge on any atom is -0.506 e. The molecule has 0 spiro atoms. The Bertz CT molecular complexity index is 616. The first-order valence-electron chi connectivity index (χ1n) is 5.44. The van der Waals surface area contributed by atoms with Gasteiger partial charge in [0, 0.05) is 17.8 Å². The van der Waals surface area contributed by atoms with Gasteiger partial charge in [0.2, 0.25) is 5.75 Å². The van der Waals surface area contributed by atoms with Gasteiger partial charge in [0.25, 0.3) is 0 Å². The second-order valence-electron chi connectivity index (χ2n) is 3.96. The standard InChI is InChI=1S/C13H12ClNO4/c14-9-5-8(2-4-10(9)16)15-6-7-1-3-11(17)13(19)12(7)18/h1-5,15-19H,6H2. The highest BCUT2D eigenvalue weighted by Gasteiger charge is 2.10. The van der Waals surface area contributed by atoms with Crippen molar-refractivity contribution in [1.29, 1.82) is 0 Å². The Hall–Kier alpha value is -2.27. The number of phenolic OH excluding ortho intramolecular Hbond substituents is 4. The molecule has 5 N–H and O–H groups in total. The lowest BCUT2D eigenvalue weighted by molar-refractivity contribution is 0.365. The third-order valence-electron chi connectivity index (χ3n) is 2.64. The van der Waals surface area contributed by atoms with Crippen LogP contribution in [0, 0.1) is 0 Å². The number of aromatic hydroxyl groups is 4. The molecule has 0 atom stereocenters. The van der Waals surface area contributed by atoms with Gasteiger partial charge in [-0.25, -0.2) is 0 Å². The van der Waals surface area contributed by atoms with Crippen molar-refractivity contribution < 1.29 is 20.4 Å². The van der Waals surface area contributed by atoms with E-state index in [-0.39, 0.29) is 28.8 Å². The number of benzene rings is 2. The summed E-state index contributed by atoms with van der Waals surface area (Å²) in [5.74, 6) is -1.33. The average molecular weight is 282 g/mol. The summed E-state index contributed by atoms with van der Waals surface area (Å²) in [4.78, 5) is 0. The van der Waals surface area contributed by atoms with Gasteiger partial charge in [0.1, 0.15) is 5.75 Å². The van der Waals surface area contributed by atoms with Crippen LogP contribution in [0.1, 0.15) is 5.56 Å². The molecule has 0 aliphatic carbocycles. The first kappa shape index (κ1) is 13.2. The maximum absolute atomic E-state index is 9.64. The van der Waals surface area contributed by atoms with Crippen molar-refractivity contribution in [3.8, 4) is 23.0 Å². The molecular formula is C13H12ClNO4. The fraction of sp³-hybridized carbons (Fsp3) is 0.0769. The van der Waals surface area contributed by atoms with E-state index in [0.717, 1.165) is 0 Å². The lowest BCUT2D eigenvalue weighted by Crippen LogP contribution is -1.99. The number of hydrogen-bond donors (Lipinski definition) is 5. The number of anilines is 1. The monoisotopic (exact) mass is 281 g/mol. The molecule has 2 rings (SSSR count). The maximum Gasteiger partial charge on any atom is 0.200 e. The van der Waals surface area contributed by atoms with E-state index < -0.39 is 5.75 Å². The highest BCUT2D eigenvalue weighted by Crippen LogP contribution is 2.37. The predicted octanol–water partition coefficient (Wildman–Crippen LogP) is 2.77. The van der Waals surface area contributed by atoms with Crippen LogP contribution in [-0.2, 0) is 6.54 Å². The topological polar surface area (TPSA) is 93.0 Å². The molecule has 0 radical (unpaired) electrons. The summed E-state index contributed by atoms with van der Waals surface area (Å²) in [7, 11) is 0. The largest absolute Gasteiger partial charge is 0.506 e. The van der Waals surface area contributed by atoms with Crippen molar-refractivity contribution in [3.63, 3.8) is 0 Å². The van der Waals surface area contributed by atoms with Crippen LogP contribution in [0.3, 0.4) is 0 Å². The maximum atomic E-state index is 9.64. The molecule has 0 bridgehead atoms. The van der Waals surface area contributed by atoms with Crippen molar-refractivity contribution in [2.75, 3.05) is 5.32 Å². The summed E-state index contributed by atoms with van der Waals surface area (Å²) in [6, 6.07) is 7.38. The van der Waals surface area contributed by atoms with Crippen LogP contribution in [0.15, 0.2) is 30.3 Å². The van der Waals surface area contributed by atoms with Crippen LogP contribution in [0.5, 0.6) is 23.0 Å². The fourth-order valence-electron chi connectivity index (χ4n) is 1.57. The third-order valence-corrected chi connectivity index (χ3v) is 2.95. The molecule has 0 saturated carbocycles. The zero-order valence-corrected chi connectivity index (χ0v) is 10.5. The summed E-state index contributed by atoms with van der Waals surface area (Å²) >= 11 is 5.76. The number of nitrogens with one attached hydrogen (secondary N) is 1. The van der Waals surface area contributed by atoms with Gasteiger partial charge in [-0.1, -0.05) is 11.6 Å². The number of rotatable bonds is 3. The summed E-state index contributed by atoms with van der Waals surface area (Å²) in [5, 5.41) is 40.7. The average Bonchev–Trinajstić information content (AvgIpc) is 2.39. The molecule has 0 saturated heterocycles. The van der Waals surface area contributed by atoms with Gasteiger partial charge in [0.15, 0.2) is 11.5 Å². The van der Waals surface area contributed by atoms with Crippen LogP contribution in [0.25, 0.3) is 0 Å².